The number of hydrogen-bond acceptors (Lipinski definition) is 5. The normalized spacial score (nSPS) is 11.2. The second-order valence-corrected chi connectivity index (χ2v) is 5.87. The first-order valence-corrected chi connectivity index (χ1v) is 6.67. The van der Waals surface area contributed by atoms with Crippen LogP contribution in [-0.2, 0) is 4.74 Å². The number of nitrogens with zero attached hydrogens (tertiary/aromatic N) is 2. The molecular formula is C12H13BrF2N2O5. The molecule has 1 rings (SSSR count). The largest absolute Gasteiger partial charge is 0.464 e. The molecule has 1 aromatic heterocycles. The summed E-state index contributed by atoms with van der Waals surface area (Å²) in [4.78, 5) is 27.0. The summed E-state index contributed by atoms with van der Waals surface area (Å²) < 4.78 is 34.2. The lowest BCUT2D eigenvalue weighted by Gasteiger charge is -2.24. The number of aromatic nitrogens is 1. The van der Waals surface area contributed by atoms with Crippen LogP contribution in [0.1, 0.15) is 20.8 Å². The number of alkyl halides is 2. The van der Waals surface area contributed by atoms with E-state index in [2.05, 4.69) is 25.7 Å². The molecule has 1 heterocycles. The van der Waals surface area contributed by atoms with E-state index in [0.29, 0.717) is 0 Å². The summed E-state index contributed by atoms with van der Waals surface area (Å²) in [6, 6.07) is 1.06. The number of pyridine rings is 1. The fraction of sp³-hybridized carbons (Fsp3) is 0.417. The predicted molar refractivity (Wildman–Crippen MR) is 75.3 cm³/mol. The second-order valence-electron chi connectivity index (χ2n) is 4.95. The van der Waals surface area contributed by atoms with Crippen LogP contribution in [0.4, 0.5) is 24.2 Å². The predicted octanol–water partition coefficient (Wildman–Crippen LogP) is 3.87. The van der Waals surface area contributed by atoms with Crippen LogP contribution in [0.5, 0.6) is 5.75 Å². The molecule has 0 atom stereocenters. The van der Waals surface area contributed by atoms with Gasteiger partial charge in [0.2, 0.25) is 0 Å². The zero-order valence-corrected chi connectivity index (χ0v) is 13.4. The molecule has 7 nitrogen and oxygen atoms in total. The summed E-state index contributed by atoms with van der Waals surface area (Å²) in [5.41, 5.74) is -0.982. The molecule has 1 N–H and O–H groups in total. The maximum absolute atomic E-state index is 12.4. The minimum Gasteiger partial charge on any atom is -0.464 e. The van der Waals surface area contributed by atoms with Crippen molar-refractivity contribution in [1.29, 1.82) is 0 Å². The molecule has 0 unspecified atom stereocenters. The lowest BCUT2D eigenvalue weighted by molar-refractivity contribution is -0.0498. The summed E-state index contributed by atoms with van der Waals surface area (Å²) in [6.45, 7) is 1.35. The van der Waals surface area contributed by atoms with E-state index in [1.807, 2.05) is 0 Å². The van der Waals surface area contributed by atoms with Gasteiger partial charge in [0.1, 0.15) is 5.60 Å². The molecule has 0 aliphatic heterocycles. The molecule has 0 fully saturated rings. The molecule has 1 aromatic rings. The first kappa shape index (κ1) is 18.1. The number of amides is 2. The van der Waals surface area contributed by atoms with E-state index in [-0.39, 0.29) is 9.37 Å². The van der Waals surface area contributed by atoms with Crippen molar-refractivity contribution in [3.63, 3.8) is 0 Å². The van der Waals surface area contributed by atoms with Crippen molar-refractivity contribution in [1.82, 2.24) is 4.98 Å². The standard InChI is InChI=1S/C12H13BrF2N2O5/c1-12(2,3)22-11(20)17(10(18)19)8-7(21-9(14)15)4-6(13)5-16-8/h4-5,9H,1-3H3,(H,18,19). The van der Waals surface area contributed by atoms with Gasteiger partial charge in [0, 0.05) is 16.7 Å². The Kier molecular flexibility index (Phi) is 5.64. The number of imide groups is 1. The monoisotopic (exact) mass is 382 g/mol. The molecular weight excluding hydrogens is 370 g/mol. The van der Waals surface area contributed by atoms with Gasteiger partial charge in [0.05, 0.1) is 0 Å². The third-order valence-corrected chi connectivity index (χ3v) is 2.43. The topological polar surface area (TPSA) is 89.0 Å². The molecule has 0 radical (unpaired) electrons. The first-order chi connectivity index (χ1) is 10.0. The van der Waals surface area contributed by atoms with Crippen LogP contribution in [0.25, 0.3) is 0 Å². The molecule has 10 heteroatoms. The van der Waals surface area contributed by atoms with Crippen LogP contribution >= 0.6 is 15.9 Å². The van der Waals surface area contributed by atoms with Crippen molar-refractivity contribution in [2.75, 3.05) is 4.90 Å². The van der Waals surface area contributed by atoms with E-state index in [0.717, 1.165) is 12.3 Å². The van der Waals surface area contributed by atoms with Crippen LogP contribution in [0.3, 0.4) is 0 Å². The third-order valence-electron chi connectivity index (χ3n) is 1.99. The van der Waals surface area contributed by atoms with Crippen molar-refractivity contribution in [3.8, 4) is 5.75 Å². The molecule has 0 aliphatic rings. The number of carbonyl (C=O) groups excluding carboxylic acids is 1. The summed E-state index contributed by atoms with van der Waals surface area (Å²) in [7, 11) is 0. The van der Waals surface area contributed by atoms with Gasteiger partial charge in [-0.3, -0.25) is 0 Å². The van der Waals surface area contributed by atoms with E-state index in [4.69, 9.17) is 9.84 Å². The Hall–Kier alpha value is -1.97. The number of anilines is 1. The third kappa shape index (κ3) is 5.10. The Morgan fingerprint density at radius 1 is 1.41 bits per heavy atom. The number of hydrogen-bond donors (Lipinski definition) is 1. The summed E-state index contributed by atoms with van der Waals surface area (Å²) in [5, 5.41) is 9.15. The van der Waals surface area contributed by atoms with Gasteiger partial charge < -0.3 is 14.6 Å². The van der Waals surface area contributed by atoms with Crippen molar-refractivity contribution in [3.05, 3.63) is 16.7 Å². The number of ether oxygens (including phenoxy) is 2. The zero-order valence-electron chi connectivity index (χ0n) is 11.8. The Morgan fingerprint density at radius 3 is 2.45 bits per heavy atom. The van der Waals surface area contributed by atoms with Gasteiger partial charge >= 0.3 is 18.8 Å². The van der Waals surface area contributed by atoms with Crippen molar-refractivity contribution in [2.45, 2.75) is 33.0 Å². The SMILES string of the molecule is CC(C)(C)OC(=O)N(C(=O)O)c1ncc(Br)cc1OC(F)F. The molecule has 122 valence electrons. The highest BCUT2D eigenvalue weighted by atomic mass is 79.9. The van der Waals surface area contributed by atoms with Gasteiger partial charge in [0.25, 0.3) is 0 Å². The van der Waals surface area contributed by atoms with Crippen LogP contribution in [-0.4, -0.2) is 34.5 Å². The smallest absolute Gasteiger partial charge is 0.425 e. The average Bonchev–Trinajstić information content (AvgIpc) is 2.28. The Balaban J connectivity index is 3.27. The van der Waals surface area contributed by atoms with Crippen molar-refractivity contribution < 1.29 is 33.0 Å². The highest BCUT2D eigenvalue weighted by Crippen LogP contribution is 2.31. The number of carbonyl (C=O) groups is 2. The van der Waals surface area contributed by atoms with E-state index < -0.39 is 36.0 Å². The van der Waals surface area contributed by atoms with Crippen LogP contribution in [0.15, 0.2) is 16.7 Å². The molecule has 0 saturated heterocycles. The van der Waals surface area contributed by atoms with E-state index in [1.165, 1.54) is 20.8 Å². The van der Waals surface area contributed by atoms with E-state index >= 15 is 0 Å². The van der Waals surface area contributed by atoms with Gasteiger partial charge in [-0.1, -0.05) is 0 Å². The first-order valence-electron chi connectivity index (χ1n) is 5.87. The van der Waals surface area contributed by atoms with Gasteiger partial charge in [0.15, 0.2) is 11.6 Å². The number of rotatable bonds is 3. The second kappa shape index (κ2) is 6.86. The number of carboxylic acid groups (broad SMARTS) is 1. The van der Waals surface area contributed by atoms with Crippen LogP contribution in [0, 0.1) is 0 Å². The van der Waals surface area contributed by atoms with Gasteiger partial charge in [-0.2, -0.15) is 13.7 Å². The highest BCUT2D eigenvalue weighted by Gasteiger charge is 2.32. The maximum atomic E-state index is 12.4. The molecule has 2 amide bonds. The van der Waals surface area contributed by atoms with Gasteiger partial charge in [-0.05, 0) is 36.7 Å². The van der Waals surface area contributed by atoms with Crippen molar-refractivity contribution in [2.24, 2.45) is 0 Å². The van der Waals surface area contributed by atoms with Crippen LogP contribution in [0.2, 0.25) is 0 Å². The van der Waals surface area contributed by atoms with Gasteiger partial charge in [-0.15, -0.1) is 0 Å². The Bertz CT molecular complexity index is 577. The van der Waals surface area contributed by atoms with Crippen molar-refractivity contribution >= 4 is 33.9 Å². The molecule has 0 aromatic carbocycles. The fourth-order valence-electron chi connectivity index (χ4n) is 1.33. The van der Waals surface area contributed by atoms with Gasteiger partial charge in [-0.25, -0.2) is 14.6 Å². The molecule has 0 aliphatic carbocycles. The zero-order chi connectivity index (χ0) is 17.1. The van der Waals surface area contributed by atoms with E-state index in [1.54, 1.807) is 0 Å². The number of halogens is 3. The highest BCUT2D eigenvalue weighted by molar-refractivity contribution is 9.10. The lowest BCUT2D eigenvalue weighted by Crippen LogP contribution is -2.41. The average molecular weight is 383 g/mol. The minimum atomic E-state index is -3.22. The quantitative estimate of drug-likeness (QED) is 0.853. The summed E-state index contributed by atoms with van der Waals surface area (Å²) >= 11 is 2.99. The Labute approximate surface area is 133 Å². The van der Waals surface area contributed by atoms with Crippen LogP contribution < -0.4 is 9.64 Å². The summed E-state index contributed by atoms with van der Waals surface area (Å²) in [6.07, 6.45) is -1.90. The molecule has 0 bridgehead atoms. The maximum Gasteiger partial charge on any atom is 0.425 e. The lowest BCUT2D eigenvalue weighted by atomic mass is 10.2. The minimum absolute atomic E-state index is 0.0927. The molecule has 0 spiro atoms. The van der Waals surface area contributed by atoms with E-state index in [9.17, 15) is 18.4 Å². The Morgan fingerprint density at radius 2 is 2.00 bits per heavy atom. The summed E-state index contributed by atoms with van der Waals surface area (Å²) in [5.74, 6) is -1.21. The molecule has 0 saturated carbocycles. The molecule has 22 heavy (non-hydrogen) atoms. The fourth-order valence-corrected chi connectivity index (χ4v) is 1.64.